The van der Waals surface area contributed by atoms with E-state index >= 15 is 0 Å². The summed E-state index contributed by atoms with van der Waals surface area (Å²) in [6.07, 6.45) is 6.83. The van der Waals surface area contributed by atoms with E-state index in [4.69, 9.17) is 9.47 Å². The van der Waals surface area contributed by atoms with Crippen LogP contribution in [0.1, 0.15) is 52.7 Å². The molecule has 0 amide bonds. The average molecular weight is 440 g/mol. The molecule has 3 aliphatic rings. The van der Waals surface area contributed by atoms with E-state index in [0.717, 1.165) is 33.5 Å². The number of Topliss-reactive ketones (excluding diaryl/α,β-unsaturated/α-hetero) is 1. The van der Waals surface area contributed by atoms with Crippen LogP contribution in [-0.2, 0) is 6.54 Å². The molecule has 144 valence electrons. The maximum atomic E-state index is 13.1. The molecule has 1 aliphatic carbocycles. The van der Waals surface area contributed by atoms with Crippen LogP contribution in [0, 0.1) is 6.92 Å². The van der Waals surface area contributed by atoms with Crippen molar-refractivity contribution >= 4 is 27.8 Å². The van der Waals surface area contributed by atoms with E-state index in [1.165, 1.54) is 25.7 Å². The van der Waals surface area contributed by atoms with E-state index < -0.39 is 0 Å². The van der Waals surface area contributed by atoms with Crippen molar-refractivity contribution in [3.63, 3.8) is 0 Å². The number of halogens is 1. The Bertz CT molecular complexity index is 992. The Labute approximate surface area is 173 Å². The van der Waals surface area contributed by atoms with Crippen molar-refractivity contribution < 1.29 is 14.3 Å². The molecule has 2 aliphatic heterocycles. The maximum Gasteiger partial charge on any atom is 0.232 e. The Morgan fingerprint density at radius 3 is 2.79 bits per heavy atom. The number of carbonyl (C=O) groups excluding carboxylic acids is 1. The zero-order valence-electron chi connectivity index (χ0n) is 15.8. The number of allylic oxidation sites excluding steroid dienone is 1. The maximum absolute atomic E-state index is 13.1. The van der Waals surface area contributed by atoms with Crippen molar-refractivity contribution in [2.75, 3.05) is 6.73 Å². The SMILES string of the molecule is Cc1cc2c(c3c1C(=O)/C(=C/c1ccccc1Br)O3)CN(C1CCCC1)CO2. The Balaban J connectivity index is 1.53. The molecule has 0 bridgehead atoms. The molecule has 1 fully saturated rings. The number of hydrogen-bond donors (Lipinski definition) is 0. The summed E-state index contributed by atoms with van der Waals surface area (Å²) in [6, 6.07) is 10.4. The molecule has 0 aromatic heterocycles. The molecule has 0 unspecified atom stereocenters. The minimum absolute atomic E-state index is 0.0518. The van der Waals surface area contributed by atoms with Crippen LogP contribution in [-0.4, -0.2) is 23.5 Å². The third kappa shape index (κ3) is 2.97. The van der Waals surface area contributed by atoms with Crippen molar-refractivity contribution in [3.05, 3.63) is 62.8 Å². The molecule has 2 aromatic rings. The molecule has 0 spiro atoms. The van der Waals surface area contributed by atoms with Crippen LogP contribution >= 0.6 is 15.9 Å². The van der Waals surface area contributed by atoms with Crippen LogP contribution in [0.4, 0.5) is 0 Å². The molecular weight excluding hydrogens is 418 g/mol. The van der Waals surface area contributed by atoms with E-state index in [-0.39, 0.29) is 5.78 Å². The Hall–Kier alpha value is -2.11. The molecule has 0 N–H and O–H groups in total. The minimum Gasteiger partial charge on any atom is -0.478 e. The molecule has 0 saturated heterocycles. The molecule has 0 radical (unpaired) electrons. The number of nitrogens with zero attached hydrogens (tertiary/aromatic N) is 1. The van der Waals surface area contributed by atoms with Gasteiger partial charge in [-0.25, -0.2) is 0 Å². The number of benzene rings is 2. The number of carbonyl (C=O) groups is 1. The molecule has 5 heteroatoms. The summed E-state index contributed by atoms with van der Waals surface area (Å²) in [7, 11) is 0. The highest BCUT2D eigenvalue weighted by Gasteiger charge is 2.37. The first-order valence-electron chi connectivity index (χ1n) is 9.84. The van der Waals surface area contributed by atoms with Crippen molar-refractivity contribution in [2.24, 2.45) is 0 Å². The lowest BCUT2D eigenvalue weighted by Crippen LogP contribution is -2.39. The molecular formula is C23H22BrNO3. The predicted molar refractivity (Wildman–Crippen MR) is 112 cm³/mol. The number of fused-ring (bicyclic) bond motifs is 3. The van der Waals surface area contributed by atoms with Gasteiger partial charge in [0.05, 0.1) is 11.1 Å². The smallest absolute Gasteiger partial charge is 0.232 e. The summed E-state index contributed by atoms with van der Waals surface area (Å²) in [5.41, 5.74) is 3.51. The topological polar surface area (TPSA) is 38.8 Å². The number of ketones is 1. The summed E-state index contributed by atoms with van der Waals surface area (Å²) in [4.78, 5) is 15.5. The monoisotopic (exact) mass is 439 g/mol. The summed E-state index contributed by atoms with van der Waals surface area (Å²) >= 11 is 3.54. The Kier molecular flexibility index (Phi) is 4.52. The van der Waals surface area contributed by atoms with Gasteiger partial charge in [-0.15, -0.1) is 0 Å². The second-order valence-electron chi connectivity index (χ2n) is 7.79. The highest BCUT2D eigenvalue weighted by Crippen LogP contribution is 2.45. The van der Waals surface area contributed by atoms with Gasteiger partial charge in [-0.1, -0.05) is 47.0 Å². The molecule has 0 atom stereocenters. The van der Waals surface area contributed by atoms with Gasteiger partial charge in [0.25, 0.3) is 0 Å². The Morgan fingerprint density at radius 2 is 2.00 bits per heavy atom. The highest BCUT2D eigenvalue weighted by atomic mass is 79.9. The summed E-state index contributed by atoms with van der Waals surface area (Å²) in [5.74, 6) is 1.85. The lowest BCUT2D eigenvalue weighted by molar-refractivity contribution is 0.0567. The first-order chi connectivity index (χ1) is 13.6. The normalized spacial score (nSPS) is 20.8. The van der Waals surface area contributed by atoms with E-state index in [0.29, 0.717) is 29.8 Å². The molecule has 5 rings (SSSR count). The van der Waals surface area contributed by atoms with Gasteiger partial charge < -0.3 is 9.47 Å². The van der Waals surface area contributed by atoms with Gasteiger partial charge in [0.2, 0.25) is 5.78 Å². The fourth-order valence-corrected chi connectivity index (χ4v) is 4.88. The van der Waals surface area contributed by atoms with E-state index in [2.05, 4.69) is 20.8 Å². The van der Waals surface area contributed by atoms with Gasteiger partial charge in [-0.05, 0) is 49.1 Å². The molecule has 1 saturated carbocycles. The lowest BCUT2D eigenvalue weighted by Gasteiger charge is -2.34. The van der Waals surface area contributed by atoms with Crippen molar-refractivity contribution in [1.82, 2.24) is 4.90 Å². The van der Waals surface area contributed by atoms with Crippen LogP contribution in [0.3, 0.4) is 0 Å². The first kappa shape index (κ1) is 18.0. The lowest BCUT2D eigenvalue weighted by atomic mass is 9.98. The van der Waals surface area contributed by atoms with Gasteiger partial charge in [-0.2, -0.15) is 0 Å². The largest absolute Gasteiger partial charge is 0.478 e. The highest BCUT2D eigenvalue weighted by molar-refractivity contribution is 9.10. The standard InChI is InChI=1S/C23H22BrNO3/c1-14-10-19-17(12-25(13-27-19)16-7-3-4-8-16)23-21(14)22(26)20(28-23)11-15-6-2-5-9-18(15)24/h2,5-6,9-11,16H,3-4,7-8,12-13H2,1H3/b20-11-. The quantitative estimate of drug-likeness (QED) is 0.581. The van der Waals surface area contributed by atoms with Gasteiger partial charge in [0, 0.05) is 17.1 Å². The third-order valence-corrected chi connectivity index (χ3v) is 6.71. The average Bonchev–Trinajstić information content (AvgIpc) is 3.33. The molecule has 4 nitrogen and oxygen atoms in total. The van der Waals surface area contributed by atoms with Gasteiger partial charge in [0.1, 0.15) is 18.2 Å². The van der Waals surface area contributed by atoms with Gasteiger partial charge in [0.15, 0.2) is 5.76 Å². The van der Waals surface area contributed by atoms with Crippen LogP contribution in [0.15, 0.2) is 40.6 Å². The zero-order chi connectivity index (χ0) is 19.3. The van der Waals surface area contributed by atoms with Gasteiger partial charge >= 0.3 is 0 Å². The zero-order valence-corrected chi connectivity index (χ0v) is 17.4. The second kappa shape index (κ2) is 7.05. The van der Waals surface area contributed by atoms with E-state index in [1.54, 1.807) is 0 Å². The van der Waals surface area contributed by atoms with Crippen molar-refractivity contribution in [2.45, 2.75) is 45.2 Å². The number of aryl methyl sites for hydroxylation is 1. The fraction of sp³-hybridized carbons (Fsp3) is 0.348. The summed E-state index contributed by atoms with van der Waals surface area (Å²) in [6.45, 7) is 3.34. The van der Waals surface area contributed by atoms with Crippen LogP contribution in [0.25, 0.3) is 6.08 Å². The van der Waals surface area contributed by atoms with Gasteiger partial charge in [-0.3, -0.25) is 9.69 Å². The summed E-state index contributed by atoms with van der Waals surface area (Å²) < 4.78 is 13.2. The molecule has 2 aromatic carbocycles. The summed E-state index contributed by atoms with van der Waals surface area (Å²) in [5, 5.41) is 0. The predicted octanol–water partition coefficient (Wildman–Crippen LogP) is 5.47. The number of ether oxygens (including phenoxy) is 2. The fourth-order valence-electron chi connectivity index (χ4n) is 4.48. The van der Waals surface area contributed by atoms with E-state index in [9.17, 15) is 4.79 Å². The molecule has 28 heavy (non-hydrogen) atoms. The van der Waals surface area contributed by atoms with Crippen LogP contribution in [0.2, 0.25) is 0 Å². The molecule has 2 heterocycles. The first-order valence-corrected chi connectivity index (χ1v) is 10.6. The van der Waals surface area contributed by atoms with Crippen molar-refractivity contribution in [3.8, 4) is 11.5 Å². The Morgan fingerprint density at radius 1 is 1.21 bits per heavy atom. The van der Waals surface area contributed by atoms with Crippen LogP contribution < -0.4 is 9.47 Å². The minimum atomic E-state index is -0.0518. The number of rotatable bonds is 2. The van der Waals surface area contributed by atoms with E-state index in [1.807, 2.05) is 43.3 Å². The third-order valence-electron chi connectivity index (χ3n) is 5.98. The van der Waals surface area contributed by atoms with Crippen LogP contribution in [0.5, 0.6) is 11.5 Å². The van der Waals surface area contributed by atoms with Crippen molar-refractivity contribution in [1.29, 1.82) is 0 Å². The second-order valence-corrected chi connectivity index (χ2v) is 8.65. The number of hydrogen-bond acceptors (Lipinski definition) is 4.